The Balaban J connectivity index is 2.00. The van der Waals surface area contributed by atoms with E-state index in [1.54, 1.807) is 0 Å². The summed E-state index contributed by atoms with van der Waals surface area (Å²) >= 11 is 0. The Hall–Kier alpha value is -2.24. The van der Waals surface area contributed by atoms with Gasteiger partial charge >= 0.3 is 5.69 Å². The number of hydrogen-bond donors (Lipinski definition) is 4. The molecule has 0 bridgehead atoms. The van der Waals surface area contributed by atoms with Crippen LogP contribution in [0.2, 0.25) is 0 Å². The van der Waals surface area contributed by atoms with Gasteiger partial charge in [0, 0.05) is 32.7 Å². The normalized spacial score (nSPS) is 15.3. The van der Waals surface area contributed by atoms with Gasteiger partial charge in [-0.2, -0.15) is 9.97 Å². The molecule has 0 aromatic carbocycles. The number of ether oxygens (including phenoxy) is 1. The second-order valence-electron chi connectivity index (χ2n) is 4.92. The maximum atomic E-state index is 11.0. The first-order valence-corrected chi connectivity index (χ1v) is 7.32. The molecule has 0 unspecified atom stereocenters. The number of hydrogen-bond acceptors (Lipinski definition) is 10. The van der Waals surface area contributed by atoms with E-state index in [9.17, 15) is 10.1 Å². The fourth-order valence-electron chi connectivity index (χ4n) is 2.18. The van der Waals surface area contributed by atoms with Crippen LogP contribution in [0.15, 0.2) is 0 Å². The fourth-order valence-corrected chi connectivity index (χ4v) is 2.18. The zero-order valence-corrected chi connectivity index (χ0v) is 12.7. The summed E-state index contributed by atoms with van der Waals surface area (Å²) in [7, 11) is 0. The summed E-state index contributed by atoms with van der Waals surface area (Å²) in [5.74, 6) is -0.0217. The molecule has 1 aromatic rings. The Bertz CT molecular complexity index is 536. The monoisotopic (exact) mass is 327 g/mol. The van der Waals surface area contributed by atoms with E-state index in [2.05, 4.69) is 25.5 Å². The van der Waals surface area contributed by atoms with Crippen molar-refractivity contribution in [3.63, 3.8) is 0 Å². The number of nitrogens with one attached hydrogen (secondary N) is 2. The van der Waals surface area contributed by atoms with E-state index >= 15 is 0 Å². The van der Waals surface area contributed by atoms with Crippen molar-refractivity contribution in [1.29, 1.82) is 0 Å². The molecule has 0 aliphatic carbocycles. The molecular formula is C12H21N7O4. The molecular weight excluding hydrogens is 306 g/mol. The van der Waals surface area contributed by atoms with E-state index in [0.29, 0.717) is 6.54 Å². The number of nitrogens with zero attached hydrogens (tertiary/aromatic N) is 4. The van der Waals surface area contributed by atoms with Crippen molar-refractivity contribution < 1.29 is 14.8 Å². The Morgan fingerprint density at radius 3 is 2.70 bits per heavy atom. The molecule has 1 aromatic heterocycles. The number of aliphatic hydroxyl groups excluding tert-OH is 1. The average molecular weight is 327 g/mol. The van der Waals surface area contributed by atoms with Gasteiger partial charge in [0.25, 0.3) is 0 Å². The van der Waals surface area contributed by atoms with Crippen LogP contribution in [0.1, 0.15) is 0 Å². The predicted octanol–water partition coefficient (Wildman–Crippen LogP) is -0.885. The van der Waals surface area contributed by atoms with Gasteiger partial charge in [-0.25, -0.2) is 0 Å². The molecule has 2 rings (SSSR count). The summed E-state index contributed by atoms with van der Waals surface area (Å²) in [6.07, 6.45) is 0. The lowest BCUT2D eigenvalue weighted by molar-refractivity contribution is -0.383. The number of anilines is 3. The quantitative estimate of drug-likeness (QED) is 0.349. The Kier molecular flexibility index (Phi) is 6.26. The van der Waals surface area contributed by atoms with E-state index in [0.717, 1.165) is 32.8 Å². The van der Waals surface area contributed by atoms with Crippen LogP contribution < -0.4 is 16.4 Å². The van der Waals surface area contributed by atoms with Crippen LogP contribution in [0.25, 0.3) is 0 Å². The first-order valence-electron chi connectivity index (χ1n) is 7.32. The average Bonchev–Trinajstić information content (AvgIpc) is 2.53. The Morgan fingerprint density at radius 2 is 2.04 bits per heavy atom. The fraction of sp³-hybridized carbons (Fsp3) is 0.667. The van der Waals surface area contributed by atoms with Gasteiger partial charge in [0.15, 0.2) is 0 Å². The first-order chi connectivity index (χ1) is 11.1. The van der Waals surface area contributed by atoms with Crippen molar-refractivity contribution >= 4 is 23.3 Å². The van der Waals surface area contributed by atoms with E-state index in [4.69, 9.17) is 15.6 Å². The number of nitrogens with two attached hydrogens (primary N) is 1. The Labute approximate surface area is 133 Å². The van der Waals surface area contributed by atoms with E-state index in [-0.39, 0.29) is 30.7 Å². The number of rotatable bonds is 8. The molecule has 11 heteroatoms. The number of aliphatic hydroxyl groups is 1. The van der Waals surface area contributed by atoms with Crippen LogP contribution >= 0.6 is 0 Å². The van der Waals surface area contributed by atoms with E-state index < -0.39 is 10.6 Å². The largest absolute Gasteiger partial charge is 0.395 e. The number of nitrogen functional groups attached to an aromatic ring is 1. The van der Waals surface area contributed by atoms with Gasteiger partial charge in [0.1, 0.15) is 0 Å². The van der Waals surface area contributed by atoms with Crippen LogP contribution in [-0.2, 0) is 4.74 Å². The summed E-state index contributed by atoms with van der Waals surface area (Å²) in [5, 5.41) is 25.6. The molecule has 0 atom stereocenters. The third-order valence-corrected chi connectivity index (χ3v) is 3.31. The zero-order valence-electron chi connectivity index (χ0n) is 12.7. The SMILES string of the molecule is Nc1nc(NCCN2CCOCC2)nc(NCCO)c1[N+](=O)[O-]. The van der Waals surface area contributed by atoms with Gasteiger partial charge in [-0.3, -0.25) is 15.0 Å². The van der Waals surface area contributed by atoms with Gasteiger partial charge in [-0.15, -0.1) is 0 Å². The predicted molar refractivity (Wildman–Crippen MR) is 84.4 cm³/mol. The van der Waals surface area contributed by atoms with Crippen LogP contribution in [0.5, 0.6) is 0 Å². The molecule has 5 N–H and O–H groups in total. The minimum absolute atomic E-state index is 0.00887. The molecule has 1 aliphatic heterocycles. The zero-order chi connectivity index (χ0) is 16.7. The number of aromatic nitrogens is 2. The molecule has 1 fully saturated rings. The molecule has 1 aliphatic rings. The lowest BCUT2D eigenvalue weighted by atomic mass is 10.4. The first kappa shape index (κ1) is 17.1. The number of morpholine rings is 1. The summed E-state index contributed by atoms with van der Waals surface area (Å²) in [4.78, 5) is 20.6. The highest BCUT2D eigenvalue weighted by Gasteiger charge is 2.22. The highest BCUT2D eigenvalue weighted by Crippen LogP contribution is 2.28. The standard InChI is InChI=1S/C12H21N7O4/c13-10-9(19(21)22)11(14-2-6-20)17-12(16-10)15-1-3-18-4-7-23-8-5-18/h20H,1-8H2,(H4,13,14,15,16,17). The van der Waals surface area contributed by atoms with Crippen molar-refractivity contribution in [1.82, 2.24) is 14.9 Å². The van der Waals surface area contributed by atoms with Crippen molar-refractivity contribution in [2.45, 2.75) is 0 Å². The molecule has 0 radical (unpaired) electrons. The molecule has 0 amide bonds. The maximum Gasteiger partial charge on any atom is 0.353 e. The maximum absolute atomic E-state index is 11.0. The molecule has 0 saturated carbocycles. The smallest absolute Gasteiger partial charge is 0.353 e. The van der Waals surface area contributed by atoms with Crippen LogP contribution in [-0.4, -0.2) is 77.4 Å². The van der Waals surface area contributed by atoms with Crippen molar-refractivity contribution in [2.24, 2.45) is 0 Å². The van der Waals surface area contributed by atoms with Gasteiger partial charge in [-0.05, 0) is 0 Å². The molecule has 23 heavy (non-hydrogen) atoms. The van der Waals surface area contributed by atoms with Crippen LogP contribution in [0.4, 0.5) is 23.3 Å². The van der Waals surface area contributed by atoms with Gasteiger partial charge in [0.05, 0.1) is 24.7 Å². The second kappa shape index (κ2) is 8.41. The van der Waals surface area contributed by atoms with Crippen molar-refractivity contribution in [2.75, 3.05) is 68.9 Å². The molecule has 1 saturated heterocycles. The minimum Gasteiger partial charge on any atom is -0.395 e. The topological polar surface area (TPSA) is 152 Å². The van der Waals surface area contributed by atoms with Crippen molar-refractivity contribution in [3.8, 4) is 0 Å². The summed E-state index contributed by atoms with van der Waals surface area (Å²) in [6.45, 7) is 4.49. The summed E-state index contributed by atoms with van der Waals surface area (Å²) in [5.41, 5.74) is 5.26. The van der Waals surface area contributed by atoms with Crippen LogP contribution in [0.3, 0.4) is 0 Å². The molecule has 2 heterocycles. The highest BCUT2D eigenvalue weighted by molar-refractivity contribution is 5.69. The van der Waals surface area contributed by atoms with Gasteiger partial charge < -0.3 is 26.2 Å². The third kappa shape index (κ3) is 4.87. The van der Waals surface area contributed by atoms with Gasteiger partial charge in [-0.1, -0.05) is 0 Å². The molecule has 11 nitrogen and oxygen atoms in total. The number of nitro groups is 1. The highest BCUT2D eigenvalue weighted by atomic mass is 16.6. The second-order valence-corrected chi connectivity index (χ2v) is 4.92. The lowest BCUT2D eigenvalue weighted by Crippen LogP contribution is -2.39. The Morgan fingerprint density at radius 1 is 1.30 bits per heavy atom. The van der Waals surface area contributed by atoms with Crippen LogP contribution in [0, 0.1) is 10.1 Å². The van der Waals surface area contributed by atoms with E-state index in [1.165, 1.54) is 0 Å². The minimum atomic E-state index is -0.646. The van der Waals surface area contributed by atoms with E-state index in [1.807, 2.05) is 0 Å². The lowest BCUT2D eigenvalue weighted by Gasteiger charge is -2.26. The van der Waals surface area contributed by atoms with Crippen molar-refractivity contribution in [3.05, 3.63) is 10.1 Å². The molecule has 128 valence electrons. The molecule has 0 spiro atoms. The summed E-state index contributed by atoms with van der Waals surface area (Å²) < 4.78 is 5.27. The summed E-state index contributed by atoms with van der Waals surface area (Å²) in [6, 6.07) is 0. The third-order valence-electron chi connectivity index (χ3n) is 3.31. The van der Waals surface area contributed by atoms with Gasteiger partial charge in [0.2, 0.25) is 17.6 Å².